The maximum Gasteiger partial charge on any atom is 0.303 e. The Morgan fingerprint density at radius 3 is 2.11 bits per heavy atom. The predicted octanol–water partition coefficient (Wildman–Crippen LogP) is 5.42. The van der Waals surface area contributed by atoms with Crippen LogP contribution in [0.15, 0.2) is 6.08 Å². The van der Waals surface area contributed by atoms with E-state index in [1.54, 1.807) is 0 Å². The largest absolute Gasteiger partial charge is 0.481 e. The van der Waals surface area contributed by atoms with Crippen LogP contribution in [0.25, 0.3) is 6.08 Å². The summed E-state index contributed by atoms with van der Waals surface area (Å²) in [5.74, 6) is -11.5. The van der Waals surface area contributed by atoms with Crippen molar-refractivity contribution in [3.63, 3.8) is 0 Å². The van der Waals surface area contributed by atoms with Crippen LogP contribution in [0.4, 0.5) is 22.0 Å². The van der Waals surface area contributed by atoms with Gasteiger partial charge in [-0.3, -0.25) is 9.59 Å². The molecule has 28 heavy (non-hydrogen) atoms. The number of carbonyl (C=O) groups excluding carboxylic acids is 1. The number of ketones is 1. The molecule has 0 heterocycles. The Bertz CT molecular complexity index is 747. The summed E-state index contributed by atoms with van der Waals surface area (Å²) < 4.78 is 67.1. The number of unbranched alkanes of at least 4 members (excludes halogenated alkanes) is 3. The fourth-order valence-electron chi connectivity index (χ4n) is 3.52. The zero-order chi connectivity index (χ0) is 20.8. The molecule has 0 spiro atoms. The van der Waals surface area contributed by atoms with Crippen molar-refractivity contribution >= 4 is 17.8 Å². The van der Waals surface area contributed by atoms with Crippen LogP contribution >= 0.6 is 0 Å². The normalized spacial score (nSPS) is 19.7. The third-order valence-electron chi connectivity index (χ3n) is 5.06. The molecule has 3 nitrogen and oxygen atoms in total. The molecule has 0 unspecified atom stereocenters. The first kappa shape index (κ1) is 22.0. The summed E-state index contributed by atoms with van der Waals surface area (Å²) in [5.41, 5.74) is -1.01. The number of hydrogen-bond donors (Lipinski definition) is 1. The fraction of sp³-hybridized carbons (Fsp3) is 0.500. The maximum absolute atomic E-state index is 13.7. The summed E-state index contributed by atoms with van der Waals surface area (Å²) in [4.78, 5) is 22.5. The summed E-state index contributed by atoms with van der Waals surface area (Å²) >= 11 is 0. The maximum atomic E-state index is 13.7. The number of benzene rings is 1. The Balaban J connectivity index is 2.01. The summed E-state index contributed by atoms with van der Waals surface area (Å²) in [6.07, 6.45) is 6.32. The van der Waals surface area contributed by atoms with Gasteiger partial charge in [-0.2, -0.15) is 0 Å². The van der Waals surface area contributed by atoms with Crippen LogP contribution in [0.5, 0.6) is 0 Å². The third kappa shape index (κ3) is 5.17. The first-order valence-electron chi connectivity index (χ1n) is 9.18. The van der Waals surface area contributed by atoms with Gasteiger partial charge in [0.1, 0.15) is 5.78 Å². The molecular formula is C20H21F5O3. The monoisotopic (exact) mass is 404 g/mol. The van der Waals surface area contributed by atoms with Crippen LogP contribution in [0.1, 0.15) is 56.9 Å². The molecule has 0 bridgehead atoms. The molecule has 1 aliphatic rings. The minimum atomic E-state index is -2.20. The number of carboxylic acids is 1. The molecule has 8 heteroatoms. The van der Waals surface area contributed by atoms with E-state index in [1.807, 2.05) is 0 Å². The SMILES string of the molecule is O=C(O)CCCCCC[C@H]1C(=O)CC[C@@H]1C=Cc1c(F)c(F)c(F)c(F)c1F. The molecule has 0 aromatic heterocycles. The molecule has 2 atom stereocenters. The van der Waals surface area contributed by atoms with Gasteiger partial charge in [0.2, 0.25) is 5.82 Å². The zero-order valence-electron chi connectivity index (χ0n) is 15.1. The molecule has 2 rings (SSSR count). The molecule has 1 aromatic rings. The van der Waals surface area contributed by atoms with Crippen molar-refractivity contribution in [2.45, 2.75) is 51.4 Å². The second kappa shape index (κ2) is 9.80. The quantitative estimate of drug-likeness (QED) is 0.259. The van der Waals surface area contributed by atoms with Gasteiger partial charge in [-0.15, -0.1) is 0 Å². The number of carbonyl (C=O) groups is 2. The molecule has 1 aliphatic carbocycles. The van der Waals surface area contributed by atoms with E-state index < -0.39 is 40.6 Å². The molecule has 1 aromatic carbocycles. The van der Waals surface area contributed by atoms with E-state index in [0.29, 0.717) is 32.1 Å². The van der Waals surface area contributed by atoms with E-state index in [9.17, 15) is 31.5 Å². The summed E-state index contributed by atoms with van der Waals surface area (Å²) in [7, 11) is 0. The van der Waals surface area contributed by atoms with Crippen LogP contribution in [0.3, 0.4) is 0 Å². The summed E-state index contributed by atoms with van der Waals surface area (Å²) in [6, 6.07) is 0. The lowest BCUT2D eigenvalue weighted by atomic mass is 9.89. The van der Waals surface area contributed by atoms with Gasteiger partial charge in [0.25, 0.3) is 0 Å². The first-order valence-corrected chi connectivity index (χ1v) is 9.18. The molecule has 1 N–H and O–H groups in total. The fourth-order valence-corrected chi connectivity index (χ4v) is 3.52. The van der Waals surface area contributed by atoms with E-state index in [2.05, 4.69) is 0 Å². The number of halogens is 5. The van der Waals surface area contributed by atoms with Gasteiger partial charge in [-0.05, 0) is 25.2 Å². The molecule has 0 amide bonds. The van der Waals surface area contributed by atoms with E-state index in [4.69, 9.17) is 5.11 Å². The number of carboxylic acid groups (broad SMARTS) is 1. The van der Waals surface area contributed by atoms with Crippen molar-refractivity contribution in [2.24, 2.45) is 11.8 Å². The Kier molecular flexibility index (Phi) is 7.71. The Labute approximate surface area is 159 Å². The van der Waals surface area contributed by atoms with Gasteiger partial charge in [0, 0.05) is 18.8 Å². The van der Waals surface area contributed by atoms with E-state index in [-0.39, 0.29) is 24.0 Å². The van der Waals surface area contributed by atoms with Gasteiger partial charge in [0.15, 0.2) is 23.3 Å². The molecule has 0 radical (unpaired) electrons. The van der Waals surface area contributed by atoms with Crippen molar-refractivity contribution in [2.75, 3.05) is 0 Å². The first-order chi connectivity index (χ1) is 13.2. The highest BCUT2D eigenvalue weighted by Crippen LogP contribution is 2.35. The van der Waals surface area contributed by atoms with E-state index in [1.165, 1.54) is 6.08 Å². The van der Waals surface area contributed by atoms with E-state index >= 15 is 0 Å². The molecule has 1 saturated carbocycles. The predicted molar refractivity (Wildman–Crippen MR) is 91.8 cm³/mol. The van der Waals surface area contributed by atoms with E-state index in [0.717, 1.165) is 18.9 Å². The highest BCUT2D eigenvalue weighted by atomic mass is 19.2. The second-order valence-corrected chi connectivity index (χ2v) is 6.96. The van der Waals surface area contributed by atoms with Crippen molar-refractivity contribution in [3.05, 3.63) is 40.7 Å². The van der Waals surface area contributed by atoms with Crippen molar-refractivity contribution in [1.29, 1.82) is 0 Å². The standard InChI is InChI=1S/C20H21F5O3/c21-16-13(17(22)19(24)20(25)18(16)23)9-7-11-8-10-14(26)12(11)5-3-1-2-4-6-15(27)28/h7,9,11-12H,1-6,8,10H2,(H,27,28)/t11-,12+/m0/s1. The van der Waals surface area contributed by atoms with Crippen LogP contribution < -0.4 is 0 Å². The second-order valence-electron chi connectivity index (χ2n) is 6.96. The number of allylic oxidation sites excluding steroid dienone is 1. The summed E-state index contributed by atoms with van der Waals surface area (Å²) in [5, 5.41) is 8.58. The Morgan fingerprint density at radius 2 is 1.50 bits per heavy atom. The average molecular weight is 404 g/mol. The van der Waals surface area contributed by atoms with Crippen LogP contribution in [-0.4, -0.2) is 16.9 Å². The lowest BCUT2D eigenvalue weighted by Gasteiger charge is -2.15. The molecular weight excluding hydrogens is 383 g/mol. The van der Waals surface area contributed by atoms with Gasteiger partial charge < -0.3 is 5.11 Å². The molecule has 0 aliphatic heterocycles. The van der Waals surface area contributed by atoms with Gasteiger partial charge in [-0.1, -0.05) is 31.4 Å². The Morgan fingerprint density at radius 1 is 0.929 bits per heavy atom. The number of aliphatic carboxylic acids is 1. The number of rotatable bonds is 9. The van der Waals surface area contributed by atoms with Crippen molar-refractivity contribution < 1.29 is 36.6 Å². The van der Waals surface area contributed by atoms with Gasteiger partial charge in [0.05, 0.1) is 5.56 Å². The zero-order valence-corrected chi connectivity index (χ0v) is 15.1. The number of hydrogen-bond acceptors (Lipinski definition) is 2. The third-order valence-corrected chi connectivity index (χ3v) is 5.06. The lowest BCUT2D eigenvalue weighted by molar-refractivity contribution is -0.137. The van der Waals surface area contributed by atoms with Gasteiger partial charge >= 0.3 is 5.97 Å². The smallest absolute Gasteiger partial charge is 0.303 e. The molecule has 154 valence electrons. The molecule has 1 fully saturated rings. The van der Waals surface area contributed by atoms with Crippen LogP contribution in [0, 0.1) is 40.9 Å². The average Bonchev–Trinajstić information content (AvgIpc) is 3.01. The van der Waals surface area contributed by atoms with Gasteiger partial charge in [-0.25, -0.2) is 22.0 Å². The topological polar surface area (TPSA) is 54.4 Å². The summed E-state index contributed by atoms with van der Waals surface area (Å²) in [6.45, 7) is 0. The minimum absolute atomic E-state index is 0.0117. The highest BCUT2D eigenvalue weighted by Gasteiger charge is 2.32. The number of Topliss-reactive ketones (excluding diaryl/α,β-unsaturated/α-hetero) is 1. The molecule has 0 saturated heterocycles. The van der Waals surface area contributed by atoms with Crippen molar-refractivity contribution in [3.8, 4) is 0 Å². The minimum Gasteiger partial charge on any atom is -0.481 e. The van der Waals surface area contributed by atoms with Crippen molar-refractivity contribution in [1.82, 2.24) is 0 Å². The highest BCUT2D eigenvalue weighted by molar-refractivity contribution is 5.84. The lowest BCUT2D eigenvalue weighted by Crippen LogP contribution is -2.13. The van der Waals surface area contributed by atoms with Crippen LogP contribution in [0.2, 0.25) is 0 Å². The Hall–Kier alpha value is -2.25. The van der Waals surface area contributed by atoms with Crippen LogP contribution in [-0.2, 0) is 9.59 Å².